The van der Waals surface area contributed by atoms with Crippen molar-refractivity contribution in [2.45, 2.75) is 58.9 Å². The van der Waals surface area contributed by atoms with Crippen molar-refractivity contribution in [2.24, 2.45) is 0 Å². The maximum absolute atomic E-state index is 13.5. The molecule has 0 fully saturated rings. The maximum atomic E-state index is 13.5. The highest BCUT2D eigenvalue weighted by Gasteiger charge is 2.17. The lowest BCUT2D eigenvalue weighted by atomic mass is 10.1. The van der Waals surface area contributed by atoms with Gasteiger partial charge in [0.1, 0.15) is 23.3 Å². The Balaban J connectivity index is 2.61. The normalized spacial score (nSPS) is 13.9. The summed E-state index contributed by atoms with van der Waals surface area (Å²) in [5, 5.41) is 14.8. The molecular weight excluding hydrogens is 327 g/mol. The molecule has 0 saturated carbocycles. The zero-order chi connectivity index (χ0) is 19.0. The molecule has 0 saturated heterocycles. The van der Waals surface area contributed by atoms with Crippen molar-refractivity contribution in [1.29, 1.82) is 0 Å². The summed E-state index contributed by atoms with van der Waals surface area (Å²) in [6, 6.07) is 4.16. The molecule has 3 N–H and O–H groups in total. The second-order valence-electron chi connectivity index (χ2n) is 7.03. The summed E-state index contributed by atoms with van der Waals surface area (Å²) in [7, 11) is 0. The van der Waals surface area contributed by atoms with Gasteiger partial charge in [-0.3, -0.25) is 0 Å². The zero-order valence-electron chi connectivity index (χ0n) is 15.6. The Morgan fingerprint density at radius 1 is 1.32 bits per heavy atom. The lowest BCUT2D eigenvalue weighted by Crippen LogP contribution is -2.37. The molecule has 0 spiro atoms. The first kappa shape index (κ1) is 21.2. The fourth-order valence-electron chi connectivity index (χ4n) is 1.95. The molecule has 1 aromatic rings. The first-order valence-electron chi connectivity index (χ1n) is 8.37. The number of rotatable bonds is 8. The zero-order valence-corrected chi connectivity index (χ0v) is 15.6. The van der Waals surface area contributed by atoms with Crippen LogP contribution in [0, 0.1) is 5.82 Å². The van der Waals surface area contributed by atoms with Crippen molar-refractivity contribution in [3.05, 3.63) is 29.6 Å². The molecular formula is C18H29FN2O4. The molecule has 1 rings (SSSR count). The summed E-state index contributed by atoms with van der Waals surface area (Å²) in [6.07, 6.45) is -0.840. The van der Waals surface area contributed by atoms with Crippen molar-refractivity contribution < 1.29 is 23.8 Å². The molecule has 2 atom stereocenters. The van der Waals surface area contributed by atoms with Crippen LogP contribution in [0.2, 0.25) is 0 Å². The quantitative estimate of drug-likeness (QED) is 0.667. The Bertz CT molecular complexity index is 560. The standard InChI is InChI=1S/C18H29FN2O4/c1-12(11-22)20-10-14-8-15(19)6-7-16(14)24-13(2)9-21-17(23)25-18(3,4)5/h6-8,12-13,20,22H,9-11H2,1-5H3,(H,21,23)/t12-,13-/m0/s1. The average molecular weight is 356 g/mol. The lowest BCUT2D eigenvalue weighted by molar-refractivity contribution is 0.0505. The second-order valence-corrected chi connectivity index (χ2v) is 7.03. The number of carbonyl (C=O) groups excluding carboxylic acids is 1. The topological polar surface area (TPSA) is 79.8 Å². The molecule has 1 aromatic carbocycles. The van der Waals surface area contributed by atoms with E-state index in [0.29, 0.717) is 17.9 Å². The molecule has 0 heterocycles. The number of alkyl carbamates (subject to hydrolysis) is 1. The van der Waals surface area contributed by atoms with Gasteiger partial charge < -0.3 is 25.2 Å². The van der Waals surface area contributed by atoms with Gasteiger partial charge in [0.15, 0.2) is 0 Å². The highest BCUT2D eigenvalue weighted by molar-refractivity contribution is 5.67. The van der Waals surface area contributed by atoms with Gasteiger partial charge >= 0.3 is 6.09 Å². The number of nitrogens with one attached hydrogen (secondary N) is 2. The Labute approximate surface area is 148 Å². The van der Waals surface area contributed by atoms with Gasteiger partial charge in [0.2, 0.25) is 0 Å². The molecule has 6 nitrogen and oxygen atoms in total. The summed E-state index contributed by atoms with van der Waals surface area (Å²) in [6.45, 7) is 9.60. The highest BCUT2D eigenvalue weighted by atomic mass is 19.1. The van der Waals surface area contributed by atoms with E-state index in [1.165, 1.54) is 12.1 Å². The first-order chi connectivity index (χ1) is 11.6. The minimum absolute atomic E-state index is 0.0122. The van der Waals surface area contributed by atoms with Crippen molar-refractivity contribution in [2.75, 3.05) is 13.2 Å². The van der Waals surface area contributed by atoms with Crippen LogP contribution in [0.4, 0.5) is 9.18 Å². The van der Waals surface area contributed by atoms with E-state index in [2.05, 4.69) is 10.6 Å². The van der Waals surface area contributed by atoms with Gasteiger partial charge in [-0.2, -0.15) is 0 Å². The number of aliphatic hydroxyl groups is 1. The van der Waals surface area contributed by atoms with Crippen LogP contribution < -0.4 is 15.4 Å². The minimum atomic E-state index is -0.562. The van der Waals surface area contributed by atoms with Gasteiger partial charge in [0.25, 0.3) is 0 Å². The van der Waals surface area contributed by atoms with E-state index in [9.17, 15) is 9.18 Å². The monoisotopic (exact) mass is 356 g/mol. The Morgan fingerprint density at radius 3 is 2.60 bits per heavy atom. The molecule has 0 aliphatic heterocycles. The van der Waals surface area contributed by atoms with E-state index in [-0.39, 0.29) is 31.1 Å². The minimum Gasteiger partial charge on any atom is -0.489 e. The van der Waals surface area contributed by atoms with Gasteiger partial charge in [-0.1, -0.05) is 0 Å². The van der Waals surface area contributed by atoms with Gasteiger partial charge in [-0.15, -0.1) is 0 Å². The van der Waals surface area contributed by atoms with E-state index in [1.54, 1.807) is 33.8 Å². The van der Waals surface area contributed by atoms with Crippen LogP contribution in [-0.4, -0.2) is 42.1 Å². The van der Waals surface area contributed by atoms with Crippen LogP contribution in [0.1, 0.15) is 40.2 Å². The van der Waals surface area contributed by atoms with Crippen LogP contribution in [0.5, 0.6) is 5.75 Å². The van der Waals surface area contributed by atoms with Gasteiger partial charge in [0.05, 0.1) is 13.2 Å². The van der Waals surface area contributed by atoms with Gasteiger partial charge in [-0.05, 0) is 52.8 Å². The molecule has 142 valence electrons. The summed E-state index contributed by atoms with van der Waals surface area (Å²) in [5.74, 6) is 0.165. The van der Waals surface area contributed by atoms with E-state index in [0.717, 1.165) is 0 Å². The van der Waals surface area contributed by atoms with E-state index in [1.807, 2.05) is 6.92 Å². The first-order valence-corrected chi connectivity index (χ1v) is 8.37. The molecule has 0 aliphatic carbocycles. The SMILES string of the molecule is C[C@@H](CO)NCc1cc(F)ccc1O[C@@H](C)CNC(=O)OC(C)(C)C. The van der Waals surface area contributed by atoms with Crippen LogP contribution in [0.25, 0.3) is 0 Å². The highest BCUT2D eigenvalue weighted by Crippen LogP contribution is 2.21. The van der Waals surface area contributed by atoms with Crippen molar-refractivity contribution in [3.63, 3.8) is 0 Å². The number of benzene rings is 1. The molecule has 25 heavy (non-hydrogen) atoms. The summed E-state index contributed by atoms with van der Waals surface area (Å²) in [4.78, 5) is 11.7. The third-order valence-corrected chi connectivity index (χ3v) is 3.20. The second kappa shape index (κ2) is 9.58. The Kier molecular flexibility index (Phi) is 8.12. The summed E-state index contributed by atoms with van der Waals surface area (Å²) < 4.78 is 24.5. The molecule has 1 amide bonds. The maximum Gasteiger partial charge on any atom is 0.407 e. The number of ether oxygens (including phenoxy) is 2. The van der Waals surface area contributed by atoms with Crippen LogP contribution in [-0.2, 0) is 11.3 Å². The number of hydrogen-bond donors (Lipinski definition) is 3. The lowest BCUT2D eigenvalue weighted by Gasteiger charge is -2.22. The Hall–Kier alpha value is -1.86. The summed E-state index contributed by atoms with van der Waals surface area (Å²) in [5.41, 5.74) is 0.0809. The van der Waals surface area contributed by atoms with Gasteiger partial charge in [-0.25, -0.2) is 9.18 Å². The van der Waals surface area contributed by atoms with Crippen molar-refractivity contribution in [3.8, 4) is 5.75 Å². The number of aliphatic hydroxyl groups excluding tert-OH is 1. The third kappa shape index (κ3) is 8.69. The molecule has 7 heteroatoms. The molecule has 0 radical (unpaired) electrons. The molecule has 0 aliphatic rings. The van der Waals surface area contributed by atoms with E-state index < -0.39 is 11.7 Å². The van der Waals surface area contributed by atoms with Crippen molar-refractivity contribution >= 4 is 6.09 Å². The fourth-order valence-corrected chi connectivity index (χ4v) is 1.95. The predicted octanol–water partition coefficient (Wildman–Crippen LogP) is 2.59. The predicted molar refractivity (Wildman–Crippen MR) is 94.1 cm³/mol. The van der Waals surface area contributed by atoms with Crippen LogP contribution in [0.15, 0.2) is 18.2 Å². The number of halogens is 1. The van der Waals surface area contributed by atoms with Crippen LogP contribution >= 0.6 is 0 Å². The summed E-state index contributed by atoms with van der Waals surface area (Å²) >= 11 is 0. The average Bonchev–Trinajstić information content (AvgIpc) is 2.51. The van der Waals surface area contributed by atoms with Crippen molar-refractivity contribution in [1.82, 2.24) is 10.6 Å². The Morgan fingerprint density at radius 2 is 2.00 bits per heavy atom. The number of carbonyl (C=O) groups is 1. The third-order valence-electron chi connectivity index (χ3n) is 3.20. The van der Waals surface area contributed by atoms with Crippen LogP contribution in [0.3, 0.4) is 0 Å². The smallest absolute Gasteiger partial charge is 0.407 e. The molecule has 0 unspecified atom stereocenters. The fraction of sp³-hybridized carbons (Fsp3) is 0.611. The molecule has 0 aromatic heterocycles. The van der Waals surface area contributed by atoms with Gasteiger partial charge in [0, 0.05) is 18.2 Å². The largest absolute Gasteiger partial charge is 0.489 e. The van der Waals surface area contributed by atoms with E-state index in [4.69, 9.17) is 14.6 Å². The number of amides is 1. The molecule has 0 bridgehead atoms. The number of hydrogen-bond acceptors (Lipinski definition) is 5. The van der Waals surface area contributed by atoms with E-state index >= 15 is 0 Å².